The Labute approximate surface area is 163 Å². The van der Waals surface area contributed by atoms with Crippen molar-refractivity contribution in [2.24, 2.45) is 5.92 Å². The number of hydrogen-bond donors (Lipinski definition) is 0. The normalized spacial score (nSPS) is 16.1. The maximum absolute atomic E-state index is 5.22. The van der Waals surface area contributed by atoms with Crippen LogP contribution in [0, 0.1) is 12.8 Å². The van der Waals surface area contributed by atoms with Crippen LogP contribution >= 0.6 is 0 Å². The van der Waals surface area contributed by atoms with Gasteiger partial charge < -0.3 is 9.64 Å². The van der Waals surface area contributed by atoms with Crippen molar-refractivity contribution in [3.63, 3.8) is 0 Å². The summed E-state index contributed by atoms with van der Waals surface area (Å²) in [5.41, 5.74) is 3.56. The predicted octanol–water partition coefficient (Wildman–Crippen LogP) is 3.15. The molecule has 0 radical (unpaired) electrons. The maximum atomic E-state index is 5.22. The summed E-state index contributed by atoms with van der Waals surface area (Å²) in [7, 11) is 1.78. The second-order valence-corrected chi connectivity index (χ2v) is 7.57. The lowest BCUT2D eigenvalue weighted by Gasteiger charge is -2.34. The summed E-state index contributed by atoms with van der Waals surface area (Å²) in [5.74, 6) is 0.746. The molecule has 146 valence electrons. The van der Waals surface area contributed by atoms with Gasteiger partial charge >= 0.3 is 0 Å². The minimum atomic E-state index is 0.746. The van der Waals surface area contributed by atoms with Crippen molar-refractivity contribution in [2.75, 3.05) is 39.9 Å². The second-order valence-electron chi connectivity index (χ2n) is 7.57. The zero-order valence-corrected chi connectivity index (χ0v) is 16.7. The van der Waals surface area contributed by atoms with E-state index in [1.807, 2.05) is 12.4 Å². The number of hydrogen-bond acceptors (Lipinski definition) is 5. The first-order chi connectivity index (χ1) is 13.2. The molecule has 1 saturated heterocycles. The molecule has 2 aromatic heterocycles. The molecule has 0 spiro atoms. The summed E-state index contributed by atoms with van der Waals surface area (Å²) in [6, 6.07) is 10.5. The lowest BCUT2D eigenvalue weighted by molar-refractivity contribution is 0.103. The Balaban J connectivity index is 1.60. The van der Waals surface area contributed by atoms with Crippen molar-refractivity contribution in [2.45, 2.75) is 32.9 Å². The van der Waals surface area contributed by atoms with E-state index in [1.54, 1.807) is 7.11 Å². The third kappa shape index (κ3) is 6.69. The molecule has 1 fully saturated rings. The average molecular weight is 369 g/mol. The van der Waals surface area contributed by atoms with Gasteiger partial charge in [-0.25, -0.2) is 0 Å². The number of pyridine rings is 2. The number of rotatable bonds is 9. The zero-order valence-electron chi connectivity index (χ0n) is 16.7. The van der Waals surface area contributed by atoms with Crippen molar-refractivity contribution in [3.8, 4) is 0 Å². The van der Waals surface area contributed by atoms with Crippen LogP contribution < -0.4 is 0 Å². The van der Waals surface area contributed by atoms with Gasteiger partial charge in [-0.05, 0) is 68.6 Å². The molecule has 3 rings (SSSR count). The van der Waals surface area contributed by atoms with Crippen LogP contribution in [0.1, 0.15) is 29.8 Å². The molecule has 0 aliphatic carbocycles. The summed E-state index contributed by atoms with van der Waals surface area (Å²) in [6.45, 7) is 9.27. The fourth-order valence-corrected chi connectivity index (χ4v) is 3.83. The molecule has 3 heterocycles. The molecule has 0 bridgehead atoms. The average Bonchev–Trinajstić information content (AvgIpc) is 2.68. The zero-order chi connectivity index (χ0) is 18.9. The highest BCUT2D eigenvalue weighted by Crippen LogP contribution is 2.20. The molecule has 2 aromatic rings. The molecule has 1 aliphatic rings. The number of likely N-dealkylation sites (tertiary alicyclic amines) is 1. The van der Waals surface area contributed by atoms with Gasteiger partial charge in [-0.3, -0.25) is 14.9 Å². The van der Waals surface area contributed by atoms with Gasteiger partial charge in [0.15, 0.2) is 0 Å². The summed E-state index contributed by atoms with van der Waals surface area (Å²) in [6.07, 6.45) is 6.29. The Hall–Kier alpha value is -1.82. The monoisotopic (exact) mass is 368 g/mol. The van der Waals surface area contributed by atoms with Crippen molar-refractivity contribution in [1.29, 1.82) is 0 Å². The minimum absolute atomic E-state index is 0.746. The Morgan fingerprint density at radius 1 is 1.11 bits per heavy atom. The molecule has 0 unspecified atom stereocenters. The number of nitrogens with zero attached hydrogens (tertiary/aromatic N) is 4. The lowest BCUT2D eigenvalue weighted by Crippen LogP contribution is -2.39. The Kier molecular flexibility index (Phi) is 7.75. The molecule has 5 heteroatoms. The summed E-state index contributed by atoms with van der Waals surface area (Å²) >= 11 is 0. The van der Waals surface area contributed by atoms with Crippen LogP contribution in [0.25, 0.3) is 0 Å². The number of methoxy groups -OCH3 is 1. The maximum Gasteiger partial charge on any atom is 0.0589 e. The van der Waals surface area contributed by atoms with Gasteiger partial charge in [0.25, 0.3) is 0 Å². The number of aryl methyl sites for hydroxylation is 1. The number of aromatic nitrogens is 2. The Morgan fingerprint density at radius 2 is 1.89 bits per heavy atom. The van der Waals surface area contributed by atoms with Crippen molar-refractivity contribution >= 4 is 0 Å². The van der Waals surface area contributed by atoms with Crippen LogP contribution in [0.3, 0.4) is 0 Å². The topological polar surface area (TPSA) is 41.5 Å². The first kappa shape index (κ1) is 19.9. The van der Waals surface area contributed by atoms with E-state index < -0.39 is 0 Å². The fourth-order valence-electron chi connectivity index (χ4n) is 3.83. The SMILES string of the molecule is COCCN1CCC(CN(Cc2ccncc2)Cc2cccc(C)n2)CC1. The van der Waals surface area contributed by atoms with Crippen molar-refractivity contribution < 1.29 is 4.74 Å². The fraction of sp³-hybridized carbons (Fsp3) is 0.545. The highest BCUT2D eigenvalue weighted by molar-refractivity contribution is 5.12. The van der Waals surface area contributed by atoms with Crippen LogP contribution in [0.2, 0.25) is 0 Å². The molecular weight excluding hydrogens is 336 g/mol. The number of piperidine rings is 1. The van der Waals surface area contributed by atoms with Gasteiger partial charge in [0.05, 0.1) is 12.3 Å². The van der Waals surface area contributed by atoms with Gasteiger partial charge in [0.1, 0.15) is 0 Å². The first-order valence-electron chi connectivity index (χ1n) is 9.98. The molecule has 0 N–H and O–H groups in total. The third-order valence-electron chi connectivity index (χ3n) is 5.32. The van der Waals surface area contributed by atoms with E-state index in [0.717, 1.165) is 50.1 Å². The van der Waals surface area contributed by atoms with Gasteiger partial charge in [-0.1, -0.05) is 6.07 Å². The highest BCUT2D eigenvalue weighted by Gasteiger charge is 2.21. The molecule has 27 heavy (non-hydrogen) atoms. The van der Waals surface area contributed by atoms with Crippen molar-refractivity contribution in [1.82, 2.24) is 19.8 Å². The van der Waals surface area contributed by atoms with Crippen LogP contribution in [0.5, 0.6) is 0 Å². The number of ether oxygens (including phenoxy) is 1. The smallest absolute Gasteiger partial charge is 0.0589 e. The van der Waals surface area contributed by atoms with Gasteiger partial charge in [0.2, 0.25) is 0 Å². The van der Waals surface area contributed by atoms with E-state index in [1.165, 1.54) is 31.5 Å². The summed E-state index contributed by atoms with van der Waals surface area (Å²) in [4.78, 5) is 13.9. The minimum Gasteiger partial charge on any atom is -0.383 e. The van der Waals surface area contributed by atoms with E-state index in [9.17, 15) is 0 Å². The Bertz CT molecular complexity index is 671. The molecule has 5 nitrogen and oxygen atoms in total. The summed E-state index contributed by atoms with van der Waals surface area (Å²) in [5, 5.41) is 0. The van der Waals surface area contributed by atoms with E-state index in [2.05, 4.69) is 52.0 Å². The molecule has 0 saturated carbocycles. The van der Waals surface area contributed by atoms with E-state index >= 15 is 0 Å². The lowest BCUT2D eigenvalue weighted by atomic mass is 9.96. The van der Waals surface area contributed by atoms with Crippen LogP contribution in [0.15, 0.2) is 42.7 Å². The first-order valence-corrected chi connectivity index (χ1v) is 9.98. The molecule has 1 aliphatic heterocycles. The van der Waals surface area contributed by atoms with Gasteiger partial charge in [-0.2, -0.15) is 0 Å². The van der Waals surface area contributed by atoms with Crippen molar-refractivity contribution in [3.05, 3.63) is 59.7 Å². The molecule has 0 atom stereocenters. The van der Waals surface area contributed by atoms with Crippen LogP contribution in [-0.4, -0.2) is 59.7 Å². The third-order valence-corrected chi connectivity index (χ3v) is 5.32. The largest absolute Gasteiger partial charge is 0.383 e. The molecule has 0 amide bonds. The van der Waals surface area contributed by atoms with Crippen LogP contribution in [0.4, 0.5) is 0 Å². The highest BCUT2D eigenvalue weighted by atomic mass is 16.5. The summed E-state index contributed by atoms with van der Waals surface area (Å²) < 4.78 is 5.22. The standard InChI is InChI=1S/C22H32N4O/c1-19-4-3-5-22(24-19)18-26(16-20-6-10-23-11-7-20)17-21-8-12-25(13-9-21)14-15-27-2/h3-7,10-11,21H,8-9,12-18H2,1-2H3. The molecule has 0 aromatic carbocycles. The van der Waals surface area contributed by atoms with E-state index in [4.69, 9.17) is 9.72 Å². The van der Waals surface area contributed by atoms with Gasteiger partial charge in [0, 0.05) is 51.4 Å². The second kappa shape index (κ2) is 10.5. The molecular formula is C22H32N4O. The quantitative estimate of drug-likeness (QED) is 0.680. The van der Waals surface area contributed by atoms with E-state index in [0.29, 0.717) is 0 Å². The predicted molar refractivity (Wildman–Crippen MR) is 108 cm³/mol. The van der Waals surface area contributed by atoms with Gasteiger partial charge in [-0.15, -0.1) is 0 Å². The van der Waals surface area contributed by atoms with Crippen LogP contribution in [-0.2, 0) is 17.8 Å². The van der Waals surface area contributed by atoms with E-state index in [-0.39, 0.29) is 0 Å². The Morgan fingerprint density at radius 3 is 2.59 bits per heavy atom.